The Morgan fingerprint density at radius 2 is 2.15 bits per heavy atom. The Bertz CT molecular complexity index is 796. The Morgan fingerprint density at radius 3 is 2.89 bits per heavy atom. The highest BCUT2D eigenvalue weighted by Gasteiger charge is 2.34. The van der Waals surface area contributed by atoms with Gasteiger partial charge in [0.15, 0.2) is 5.01 Å². The maximum absolute atomic E-state index is 12.4. The minimum absolute atomic E-state index is 0.0397. The van der Waals surface area contributed by atoms with Gasteiger partial charge in [-0.2, -0.15) is 0 Å². The van der Waals surface area contributed by atoms with Gasteiger partial charge in [-0.25, -0.2) is 0 Å². The first-order chi connectivity index (χ1) is 13.0. The number of nitrogens with one attached hydrogen (secondary N) is 1. The number of hydrogen-bond donors (Lipinski definition) is 1. The lowest BCUT2D eigenvalue weighted by Crippen LogP contribution is -2.29. The van der Waals surface area contributed by atoms with Crippen molar-refractivity contribution in [3.05, 3.63) is 34.3 Å². The molecule has 0 bridgehead atoms. The molecule has 1 aromatic heterocycles. The molecule has 2 amide bonds. The standard InChI is InChI=1S/C18H21ClN4O3S/c1-2-3-8-23-10-12(9-16(23)24)17(25)20-18-22-21-15(27-18)11-26-14-6-4-13(19)5-7-14/h4-7,12H,2-3,8-11H2,1H3,(H,20,22,25). The second-order valence-corrected chi connectivity index (χ2v) is 7.83. The van der Waals surface area contributed by atoms with E-state index in [0.29, 0.717) is 34.0 Å². The molecule has 1 N–H and O–H groups in total. The summed E-state index contributed by atoms with van der Waals surface area (Å²) in [5.74, 6) is 0.186. The predicted molar refractivity (Wildman–Crippen MR) is 104 cm³/mol. The van der Waals surface area contributed by atoms with Gasteiger partial charge in [0.25, 0.3) is 0 Å². The van der Waals surface area contributed by atoms with Crippen LogP contribution in [-0.4, -0.2) is 40.0 Å². The van der Waals surface area contributed by atoms with E-state index in [1.807, 2.05) is 0 Å². The van der Waals surface area contributed by atoms with Crippen LogP contribution in [-0.2, 0) is 16.2 Å². The van der Waals surface area contributed by atoms with Crippen LogP contribution in [0, 0.1) is 5.92 Å². The first-order valence-electron chi connectivity index (χ1n) is 8.84. The highest BCUT2D eigenvalue weighted by molar-refractivity contribution is 7.15. The summed E-state index contributed by atoms with van der Waals surface area (Å²) in [6, 6.07) is 7.03. The number of amides is 2. The van der Waals surface area contributed by atoms with Gasteiger partial charge in [0.05, 0.1) is 5.92 Å². The fourth-order valence-electron chi connectivity index (χ4n) is 2.76. The van der Waals surface area contributed by atoms with Crippen LogP contribution in [0.2, 0.25) is 5.02 Å². The van der Waals surface area contributed by atoms with Gasteiger partial charge in [-0.1, -0.05) is 36.3 Å². The van der Waals surface area contributed by atoms with Crippen molar-refractivity contribution in [2.75, 3.05) is 18.4 Å². The van der Waals surface area contributed by atoms with Gasteiger partial charge < -0.3 is 15.0 Å². The Morgan fingerprint density at radius 1 is 1.37 bits per heavy atom. The van der Waals surface area contributed by atoms with Gasteiger partial charge in [-0.15, -0.1) is 10.2 Å². The normalized spacial score (nSPS) is 16.6. The van der Waals surface area contributed by atoms with E-state index >= 15 is 0 Å². The van der Waals surface area contributed by atoms with E-state index in [4.69, 9.17) is 16.3 Å². The second kappa shape index (κ2) is 9.14. The molecule has 1 aliphatic rings. The van der Waals surface area contributed by atoms with E-state index in [1.165, 1.54) is 11.3 Å². The van der Waals surface area contributed by atoms with Crippen LogP contribution in [0.1, 0.15) is 31.2 Å². The highest BCUT2D eigenvalue weighted by Crippen LogP contribution is 2.23. The van der Waals surface area contributed by atoms with Gasteiger partial charge in [-0.3, -0.25) is 9.59 Å². The highest BCUT2D eigenvalue weighted by atomic mass is 35.5. The minimum atomic E-state index is -0.341. The number of unbranched alkanes of at least 4 members (excludes halogenated alkanes) is 1. The van der Waals surface area contributed by atoms with Gasteiger partial charge >= 0.3 is 0 Å². The zero-order chi connectivity index (χ0) is 19.2. The number of anilines is 1. The summed E-state index contributed by atoms with van der Waals surface area (Å²) >= 11 is 7.09. The number of hydrogen-bond acceptors (Lipinski definition) is 6. The Labute approximate surface area is 166 Å². The van der Waals surface area contributed by atoms with E-state index in [2.05, 4.69) is 22.4 Å². The van der Waals surface area contributed by atoms with Crippen molar-refractivity contribution >= 4 is 39.9 Å². The van der Waals surface area contributed by atoms with Crippen molar-refractivity contribution < 1.29 is 14.3 Å². The number of carbonyl (C=O) groups excluding carboxylic acids is 2. The quantitative estimate of drug-likeness (QED) is 0.723. The van der Waals surface area contributed by atoms with Gasteiger partial charge in [0.2, 0.25) is 16.9 Å². The molecule has 1 aliphatic heterocycles. The van der Waals surface area contributed by atoms with Crippen molar-refractivity contribution in [1.29, 1.82) is 0 Å². The molecular formula is C18H21ClN4O3S. The molecule has 27 heavy (non-hydrogen) atoms. The van der Waals surface area contributed by atoms with Gasteiger partial charge in [0.1, 0.15) is 12.4 Å². The van der Waals surface area contributed by atoms with Crippen molar-refractivity contribution in [2.24, 2.45) is 5.92 Å². The molecule has 1 atom stereocenters. The van der Waals surface area contributed by atoms with Gasteiger partial charge in [0, 0.05) is 24.5 Å². The molecule has 1 saturated heterocycles. The molecule has 1 unspecified atom stereocenters. The summed E-state index contributed by atoms with van der Waals surface area (Å²) in [4.78, 5) is 26.2. The monoisotopic (exact) mass is 408 g/mol. The third-order valence-corrected chi connectivity index (χ3v) is 5.30. The van der Waals surface area contributed by atoms with E-state index < -0.39 is 0 Å². The third-order valence-electron chi connectivity index (χ3n) is 4.24. The maximum atomic E-state index is 12.4. The van der Waals surface area contributed by atoms with Crippen LogP contribution in [0.15, 0.2) is 24.3 Å². The predicted octanol–water partition coefficient (Wildman–Crippen LogP) is 3.36. The molecule has 2 aromatic rings. The topological polar surface area (TPSA) is 84.4 Å². The molecular weight excluding hydrogens is 388 g/mol. The molecule has 3 rings (SSSR count). The minimum Gasteiger partial charge on any atom is -0.486 e. The van der Waals surface area contributed by atoms with E-state index in [1.54, 1.807) is 29.2 Å². The molecule has 1 aromatic carbocycles. The Balaban J connectivity index is 1.49. The number of nitrogens with zero attached hydrogens (tertiary/aromatic N) is 3. The summed E-state index contributed by atoms with van der Waals surface area (Å²) in [6.07, 6.45) is 2.22. The Kier molecular flexibility index (Phi) is 6.63. The van der Waals surface area contributed by atoms with Crippen LogP contribution in [0.4, 0.5) is 5.13 Å². The van der Waals surface area contributed by atoms with Crippen LogP contribution in [0.25, 0.3) is 0 Å². The molecule has 144 valence electrons. The van der Waals surface area contributed by atoms with E-state index in [0.717, 1.165) is 12.8 Å². The first-order valence-corrected chi connectivity index (χ1v) is 10.0. The fourth-order valence-corrected chi connectivity index (χ4v) is 3.54. The SMILES string of the molecule is CCCCN1CC(C(=O)Nc2nnc(COc3ccc(Cl)cc3)s2)CC1=O. The largest absolute Gasteiger partial charge is 0.486 e. The molecule has 9 heteroatoms. The molecule has 0 aliphatic carbocycles. The van der Waals surface area contributed by atoms with Crippen molar-refractivity contribution in [1.82, 2.24) is 15.1 Å². The zero-order valence-electron chi connectivity index (χ0n) is 15.0. The van der Waals surface area contributed by atoms with E-state index in [9.17, 15) is 9.59 Å². The number of benzene rings is 1. The molecule has 0 spiro atoms. The lowest BCUT2D eigenvalue weighted by atomic mass is 10.1. The average Bonchev–Trinajstić information content (AvgIpc) is 3.26. The average molecular weight is 409 g/mol. The first kappa shape index (κ1) is 19.6. The van der Waals surface area contributed by atoms with Crippen molar-refractivity contribution in [2.45, 2.75) is 32.8 Å². The van der Waals surface area contributed by atoms with Crippen LogP contribution >= 0.6 is 22.9 Å². The number of likely N-dealkylation sites (tertiary alicyclic amines) is 1. The van der Waals surface area contributed by atoms with E-state index in [-0.39, 0.29) is 30.8 Å². The number of rotatable bonds is 8. The number of aromatic nitrogens is 2. The van der Waals surface area contributed by atoms with Crippen molar-refractivity contribution in [3.8, 4) is 5.75 Å². The summed E-state index contributed by atoms with van der Waals surface area (Å²) in [5, 5.41) is 12.5. The lowest BCUT2D eigenvalue weighted by molar-refractivity contribution is -0.128. The molecule has 0 saturated carbocycles. The molecule has 1 fully saturated rings. The summed E-state index contributed by atoms with van der Waals surface area (Å²) in [6.45, 7) is 3.51. The van der Waals surface area contributed by atoms with Gasteiger partial charge in [-0.05, 0) is 30.7 Å². The Hall–Kier alpha value is -2.19. The third kappa shape index (κ3) is 5.40. The number of halogens is 1. The molecule has 7 nitrogen and oxygen atoms in total. The smallest absolute Gasteiger partial charge is 0.231 e. The summed E-state index contributed by atoms with van der Waals surface area (Å²) in [7, 11) is 0. The van der Waals surface area contributed by atoms with Crippen LogP contribution in [0.3, 0.4) is 0 Å². The van der Waals surface area contributed by atoms with Crippen molar-refractivity contribution in [3.63, 3.8) is 0 Å². The summed E-state index contributed by atoms with van der Waals surface area (Å²) < 4.78 is 5.62. The van der Waals surface area contributed by atoms with Crippen LogP contribution in [0.5, 0.6) is 5.75 Å². The lowest BCUT2D eigenvalue weighted by Gasteiger charge is -2.15. The zero-order valence-corrected chi connectivity index (χ0v) is 16.6. The second-order valence-electron chi connectivity index (χ2n) is 6.33. The molecule has 0 radical (unpaired) electrons. The summed E-state index contributed by atoms with van der Waals surface area (Å²) in [5.41, 5.74) is 0. The maximum Gasteiger partial charge on any atom is 0.231 e. The molecule has 2 heterocycles. The number of ether oxygens (including phenoxy) is 1. The van der Waals surface area contributed by atoms with Crippen LogP contribution < -0.4 is 10.1 Å². The number of carbonyl (C=O) groups is 2. The fraction of sp³-hybridized carbons (Fsp3) is 0.444.